The van der Waals surface area contributed by atoms with Gasteiger partial charge in [-0.1, -0.05) is 24.3 Å². The fourth-order valence-electron chi connectivity index (χ4n) is 9.16. The number of aromatic nitrogens is 4. The number of rotatable bonds is 8. The van der Waals surface area contributed by atoms with Crippen molar-refractivity contribution in [1.82, 2.24) is 24.2 Å². The minimum absolute atomic E-state index is 0.118. The zero-order valence-electron chi connectivity index (χ0n) is 25.9. The molecule has 0 spiro atoms. The van der Waals surface area contributed by atoms with Gasteiger partial charge in [0.05, 0.1) is 23.1 Å². The fraction of sp³-hybridized carbons (Fsp3) is 0.514. The number of carboxylic acids is 1. The van der Waals surface area contributed by atoms with Gasteiger partial charge in [-0.15, -0.1) is 0 Å². The maximum Gasteiger partial charge on any atom is 0.417 e. The van der Waals surface area contributed by atoms with E-state index >= 15 is 0 Å². The maximum atomic E-state index is 14.5. The number of imidazole rings is 1. The normalized spacial score (nSPS) is 25.3. The topological polar surface area (TPSA) is 96.4 Å². The molecule has 9 rings (SSSR count). The number of carboxylic acid groups (broad SMARTS) is 1. The van der Waals surface area contributed by atoms with Crippen LogP contribution in [-0.2, 0) is 29.4 Å². The number of benzene rings is 2. The highest BCUT2D eigenvalue weighted by molar-refractivity contribution is 5.92. The predicted octanol–water partition coefficient (Wildman–Crippen LogP) is 5.97. The Labute approximate surface area is 264 Å². The summed E-state index contributed by atoms with van der Waals surface area (Å²) in [7, 11) is 0. The van der Waals surface area contributed by atoms with Crippen molar-refractivity contribution in [2.75, 3.05) is 26.2 Å². The summed E-state index contributed by atoms with van der Waals surface area (Å²) in [5.41, 5.74) is 3.88. The number of aliphatic carboxylic acids is 1. The average Bonchev–Trinajstić information content (AvgIpc) is 3.72. The van der Waals surface area contributed by atoms with Gasteiger partial charge in [0, 0.05) is 37.0 Å². The minimum Gasteiger partial charge on any atom is -0.479 e. The number of aryl methyl sites for hydroxylation is 2. The monoisotopic (exact) mass is 633 g/mol. The third kappa shape index (κ3) is 4.60. The summed E-state index contributed by atoms with van der Waals surface area (Å²) in [6.45, 7) is 6.00. The van der Waals surface area contributed by atoms with E-state index in [-0.39, 0.29) is 22.9 Å². The summed E-state index contributed by atoms with van der Waals surface area (Å²) in [6.07, 6.45) is 5.24. The van der Waals surface area contributed by atoms with Crippen LogP contribution in [0.25, 0.3) is 22.0 Å². The van der Waals surface area contributed by atoms with Crippen molar-refractivity contribution < 1.29 is 28.2 Å². The number of hydrogen-bond donors (Lipinski definition) is 2. The van der Waals surface area contributed by atoms with E-state index in [4.69, 9.17) is 0 Å². The molecule has 8 nitrogen and oxygen atoms in total. The second kappa shape index (κ2) is 10.4. The molecule has 4 fully saturated rings. The quantitative estimate of drug-likeness (QED) is 0.248. The van der Waals surface area contributed by atoms with Crippen LogP contribution in [0.5, 0.6) is 0 Å². The first-order valence-electron chi connectivity index (χ1n) is 16.3. The molecule has 4 heterocycles. The molecule has 1 unspecified atom stereocenters. The van der Waals surface area contributed by atoms with Crippen LogP contribution >= 0.6 is 0 Å². The van der Waals surface area contributed by atoms with Gasteiger partial charge in [-0.05, 0) is 110 Å². The third-order valence-electron chi connectivity index (χ3n) is 11.4. The standard InChI is InChI=1S/C35H38F3N5O3/c1-21-25(23-4-6-24(7-5-23)34-16-33(17-34,18-34)19-41-11-8-22(15-44)9-12-41)13-27(35(36,37)38)26-14-43(40-29(21)26)31(32(45)46)30-28-3-2-10-42(28)20-39-30/h4-7,13-14,20,22,31,44H,2-3,8-12,15-19H2,1H3,(H,45,46). The van der Waals surface area contributed by atoms with Crippen molar-refractivity contribution in [3.05, 3.63) is 70.9 Å². The van der Waals surface area contributed by atoms with Crippen molar-refractivity contribution in [2.45, 2.75) is 76.0 Å². The van der Waals surface area contributed by atoms with E-state index in [0.29, 0.717) is 40.1 Å². The Hall–Kier alpha value is -3.70. The Morgan fingerprint density at radius 2 is 1.83 bits per heavy atom. The first kappa shape index (κ1) is 29.7. The van der Waals surface area contributed by atoms with Gasteiger partial charge in [0.2, 0.25) is 0 Å². The van der Waals surface area contributed by atoms with Gasteiger partial charge < -0.3 is 19.7 Å². The largest absolute Gasteiger partial charge is 0.479 e. The molecule has 1 saturated heterocycles. The van der Waals surface area contributed by atoms with Crippen LogP contribution in [0.15, 0.2) is 42.9 Å². The number of carbonyl (C=O) groups is 1. The summed E-state index contributed by atoms with van der Waals surface area (Å²) >= 11 is 0. The molecule has 46 heavy (non-hydrogen) atoms. The first-order valence-corrected chi connectivity index (χ1v) is 16.3. The lowest BCUT2D eigenvalue weighted by Crippen LogP contribution is -2.68. The average molecular weight is 634 g/mol. The maximum absolute atomic E-state index is 14.5. The molecule has 5 aliphatic rings. The molecular weight excluding hydrogens is 595 g/mol. The Morgan fingerprint density at radius 1 is 1.11 bits per heavy atom. The van der Waals surface area contributed by atoms with E-state index < -0.39 is 23.8 Å². The van der Waals surface area contributed by atoms with Crippen molar-refractivity contribution in [3.63, 3.8) is 0 Å². The number of aliphatic hydroxyl groups excluding tert-OH is 1. The summed E-state index contributed by atoms with van der Waals surface area (Å²) < 4.78 is 46.5. The predicted molar refractivity (Wildman–Crippen MR) is 165 cm³/mol. The van der Waals surface area contributed by atoms with Gasteiger partial charge in [-0.25, -0.2) is 9.78 Å². The van der Waals surface area contributed by atoms with Gasteiger partial charge in [0.1, 0.15) is 0 Å². The number of halogens is 3. The lowest BCUT2D eigenvalue weighted by atomic mass is 9.33. The number of alkyl halides is 3. The zero-order valence-corrected chi connectivity index (χ0v) is 25.9. The Morgan fingerprint density at radius 3 is 2.48 bits per heavy atom. The first-order chi connectivity index (χ1) is 22.0. The molecule has 1 atom stereocenters. The van der Waals surface area contributed by atoms with Crippen LogP contribution in [0.4, 0.5) is 13.2 Å². The molecule has 3 saturated carbocycles. The SMILES string of the molecule is Cc1c(-c2ccc(C34CC(CN5CCC(CO)CC5)(C3)C4)cc2)cc(C(F)(F)F)c2cn(C(C(=O)O)c3ncn4c3CCC4)nc12. The van der Waals surface area contributed by atoms with Crippen LogP contribution in [0.3, 0.4) is 0 Å². The molecule has 0 amide bonds. The zero-order chi connectivity index (χ0) is 32.0. The summed E-state index contributed by atoms with van der Waals surface area (Å²) in [6, 6.07) is 7.83. The smallest absolute Gasteiger partial charge is 0.417 e. The van der Waals surface area contributed by atoms with Gasteiger partial charge in [-0.3, -0.25) is 4.68 Å². The molecule has 2 aliphatic heterocycles. The van der Waals surface area contributed by atoms with Crippen molar-refractivity contribution in [2.24, 2.45) is 11.3 Å². The van der Waals surface area contributed by atoms with E-state index in [1.165, 1.54) is 17.8 Å². The second-order valence-corrected chi connectivity index (χ2v) is 14.4. The lowest BCUT2D eigenvalue weighted by Gasteiger charge is -2.72. The number of hydrogen-bond acceptors (Lipinski definition) is 5. The molecule has 11 heteroatoms. The number of aliphatic hydroxyl groups is 1. The van der Waals surface area contributed by atoms with Gasteiger partial charge >= 0.3 is 12.1 Å². The fourth-order valence-corrected chi connectivity index (χ4v) is 9.16. The van der Waals surface area contributed by atoms with Crippen LogP contribution in [-0.4, -0.2) is 66.7 Å². The Kier molecular flexibility index (Phi) is 6.71. The summed E-state index contributed by atoms with van der Waals surface area (Å²) in [5.74, 6) is -0.782. The third-order valence-corrected chi connectivity index (χ3v) is 11.4. The lowest BCUT2D eigenvalue weighted by molar-refractivity contribution is -0.158. The molecule has 2 N–H and O–H groups in total. The highest BCUT2D eigenvalue weighted by Gasteiger charge is 2.68. The molecule has 242 valence electrons. The number of likely N-dealkylation sites (tertiary alicyclic amines) is 1. The molecule has 2 aromatic heterocycles. The summed E-state index contributed by atoms with van der Waals surface area (Å²) in [5, 5.41) is 24.0. The number of piperidine rings is 1. The van der Waals surface area contributed by atoms with Gasteiger partial charge in [0.25, 0.3) is 0 Å². The highest BCUT2D eigenvalue weighted by atomic mass is 19.4. The van der Waals surface area contributed by atoms with Crippen LogP contribution in [0, 0.1) is 18.3 Å². The van der Waals surface area contributed by atoms with Crippen molar-refractivity contribution >= 4 is 16.9 Å². The summed E-state index contributed by atoms with van der Waals surface area (Å²) in [4.78, 5) is 19.4. The van der Waals surface area contributed by atoms with Crippen LogP contribution in [0.2, 0.25) is 0 Å². The molecule has 2 aromatic carbocycles. The van der Waals surface area contributed by atoms with E-state index in [2.05, 4.69) is 27.1 Å². The molecule has 0 radical (unpaired) electrons. The second-order valence-electron chi connectivity index (χ2n) is 14.4. The van der Waals surface area contributed by atoms with Crippen molar-refractivity contribution in [1.29, 1.82) is 0 Å². The Balaban J connectivity index is 1.07. The van der Waals surface area contributed by atoms with E-state index in [1.54, 1.807) is 13.3 Å². The highest BCUT2D eigenvalue weighted by Crippen LogP contribution is 2.73. The number of fused-ring (bicyclic) bond motifs is 2. The van der Waals surface area contributed by atoms with Crippen LogP contribution in [0.1, 0.15) is 72.6 Å². The van der Waals surface area contributed by atoms with Gasteiger partial charge in [-0.2, -0.15) is 18.3 Å². The molecular formula is C35H38F3N5O3. The van der Waals surface area contributed by atoms with E-state index in [1.807, 2.05) is 16.7 Å². The van der Waals surface area contributed by atoms with E-state index in [9.17, 15) is 28.2 Å². The Bertz CT molecular complexity index is 1810. The minimum atomic E-state index is -4.66. The van der Waals surface area contributed by atoms with Gasteiger partial charge in [0.15, 0.2) is 6.04 Å². The molecule has 3 aliphatic carbocycles. The van der Waals surface area contributed by atoms with E-state index in [0.717, 1.165) is 75.1 Å². The number of nitrogens with zero attached hydrogens (tertiary/aromatic N) is 5. The molecule has 4 aromatic rings. The molecule has 2 bridgehead atoms. The van der Waals surface area contributed by atoms with Crippen molar-refractivity contribution in [3.8, 4) is 11.1 Å². The van der Waals surface area contributed by atoms with Crippen LogP contribution < -0.4 is 0 Å².